The lowest BCUT2D eigenvalue weighted by atomic mass is 10.0. The van der Waals surface area contributed by atoms with Crippen molar-refractivity contribution in [3.05, 3.63) is 0 Å². The molecule has 4 rings (SSSR count). The molecule has 0 bridgehead atoms. The van der Waals surface area contributed by atoms with Gasteiger partial charge in [-0.25, -0.2) is 0 Å². The maximum atomic E-state index is 13.3. The molecule has 0 aromatic carbocycles. The number of carbonyl (C=O) groups excluding carboxylic acids is 3. The highest BCUT2D eigenvalue weighted by Gasteiger charge is 2.61. The van der Waals surface area contributed by atoms with Gasteiger partial charge in [0.05, 0.1) is 18.0 Å². The number of likely N-dealkylation sites (tertiary alicyclic amines) is 1. The van der Waals surface area contributed by atoms with Crippen LogP contribution in [-0.2, 0) is 24.6 Å². The summed E-state index contributed by atoms with van der Waals surface area (Å²) in [7, 11) is -3.77. The second-order valence-electron chi connectivity index (χ2n) is 9.09. The van der Waals surface area contributed by atoms with Crippen molar-refractivity contribution in [3.63, 3.8) is 0 Å². The summed E-state index contributed by atoms with van der Waals surface area (Å²) in [5, 5.41) is 2.78. The number of amides is 3. The number of nitrogens with one attached hydrogen (secondary N) is 1. The predicted molar refractivity (Wildman–Crippen MR) is 104 cm³/mol. The van der Waals surface area contributed by atoms with Gasteiger partial charge in [0.25, 0.3) is 10.2 Å². The van der Waals surface area contributed by atoms with E-state index >= 15 is 0 Å². The van der Waals surface area contributed by atoms with Crippen molar-refractivity contribution in [3.8, 4) is 0 Å². The molecule has 4 fully saturated rings. The molecule has 7 atom stereocenters. The van der Waals surface area contributed by atoms with E-state index in [-0.39, 0.29) is 54.1 Å². The normalized spacial score (nSPS) is 40.3. The van der Waals surface area contributed by atoms with Crippen LogP contribution in [0.1, 0.15) is 40.5 Å². The van der Waals surface area contributed by atoms with Crippen LogP contribution in [0.4, 0.5) is 0 Å². The van der Waals surface area contributed by atoms with Gasteiger partial charge in [-0.15, -0.1) is 0 Å². The Bertz CT molecular complexity index is 838. The van der Waals surface area contributed by atoms with Crippen LogP contribution in [-0.4, -0.2) is 77.4 Å². The summed E-state index contributed by atoms with van der Waals surface area (Å²) >= 11 is 0. The SMILES string of the molecule is CC(=O)NC1CCN(S(=O)(=O)N2CC[C@H]3[C@H]2[C@H](C)C(=O)N3C(=O)C2[C@@H](C)[C@H]2C)C1. The van der Waals surface area contributed by atoms with Gasteiger partial charge in [-0.1, -0.05) is 20.8 Å². The highest BCUT2D eigenvalue weighted by Crippen LogP contribution is 2.49. The number of hydrogen-bond acceptors (Lipinski definition) is 5. The molecule has 1 N–H and O–H groups in total. The second kappa shape index (κ2) is 7.02. The molecule has 4 aliphatic rings. The molecule has 29 heavy (non-hydrogen) atoms. The molecule has 3 heterocycles. The van der Waals surface area contributed by atoms with Gasteiger partial charge in [-0.2, -0.15) is 17.0 Å². The minimum absolute atomic E-state index is 0.132. The highest BCUT2D eigenvalue weighted by atomic mass is 32.2. The van der Waals surface area contributed by atoms with Gasteiger partial charge < -0.3 is 5.32 Å². The number of carbonyl (C=O) groups is 3. The lowest BCUT2D eigenvalue weighted by Gasteiger charge is -2.29. The first-order valence-electron chi connectivity index (χ1n) is 10.5. The number of fused-ring (bicyclic) bond motifs is 1. The molecule has 10 heteroatoms. The zero-order valence-corrected chi connectivity index (χ0v) is 18.2. The van der Waals surface area contributed by atoms with Crippen molar-refractivity contribution < 1.29 is 22.8 Å². The maximum Gasteiger partial charge on any atom is 0.282 e. The Hall–Kier alpha value is -1.52. The van der Waals surface area contributed by atoms with Gasteiger partial charge >= 0.3 is 0 Å². The molecule has 0 spiro atoms. The Morgan fingerprint density at radius 3 is 2.31 bits per heavy atom. The van der Waals surface area contributed by atoms with Crippen LogP contribution in [0, 0.1) is 23.7 Å². The summed E-state index contributed by atoms with van der Waals surface area (Å²) in [5.74, 6) is -0.716. The maximum absolute atomic E-state index is 13.3. The first-order valence-corrected chi connectivity index (χ1v) is 11.9. The minimum atomic E-state index is -3.77. The number of imide groups is 1. The lowest BCUT2D eigenvalue weighted by Crippen LogP contribution is -2.49. The van der Waals surface area contributed by atoms with Crippen LogP contribution in [0.3, 0.4) is 0 Å². The smallest absolute Gasteiger partial charge is 0.282 e. The average Bonchev–Trinajstić information content (AvgIpc) is 3.08. The first-order chi connectivity index (χ1) is 13.6. The Morgan fingerprint density at radius 2 is 1.72 bits per heavy atom. The molecule has 1 aliphatic carbocycles. The molecule has 9 nitrogen and oxygen atoms in total. The molecule has 1 saturated carbocycles. The highest BCUT2D eigenvalue weighted by molar-refractivity contribution is 7.86. The fourth-order valence-corrected chi connectivity index (χ4v) is 7.44. The standard InChI is InChI=1S/C19H30N4O5S/c1-10-11(2)16(10)19(26)23-15-6-8-22(17(15)12(3)18(23)25)29(27,28)21-7-5-14(9-21)20-13(4)24/h10-12,14-17H,5-9H2,1-4H3,(H,20,24)/t10-,11+,12-,14?,15-,16?,17+/m0/s1. The van der Waals surface area contributed by atoms with Crippen molar-refractivity contribution in [1.82, 2.24) is 18.8 Å². The molecule has 3 aliphatic heterocycles. The Labute approximate surface area is 171 Å². The quantitative estimate of drug-likeness (QED) is 0.626. The van der Waals surface area contributed by atoms with E-state index in [2.05, 4.69) is 5.32 Å². The summed E-state index contributed by atoms with van der Waals surface area (Å²) in [6.45, 7) is 8.04. The summed E-state index contributed by atoms with van der Waals surface area (Å²) < 4.78 is 29.4. The molecule has 3 amide bonds. The van der Waals surface area contributed by atoms with Crippen molar-refractivity contribution in [2.24, 2.45) is 23.7 Å². The average molecular weight is 427 g/mol. The summed E-state index contributed by atoms with van der Waals surface area (Å²) in [6, 6.07) is -1.09. The third kappa shape index (κ3) is 3.19. The largest absolute Gasteiger partial charge is 0.352 e. The van der Waals surface area contributed by atoms with Crippen LogP contribution in [0.25, 0.3) is 0 Å². The van der Waals surface area contributed by atoms with E-state index in [0.717, 1.165) is 0 Å². The third-order valence-corrected chi connectivity index (χ3v) is 9.37. The topological polar surface area (TPSA) is 107 Å². The van der Waals surface area contributed by atoms with E-state index < -0.39 is 22.2 Å². The molecule has 0 aromatic heterocycles. The van der Waals surface area contributed by atoms with Crippen molar-refractivity contribution >= 4 is 27.9 Å². The molecular weight excluding hydrogens is 396 g/mol. The number of nitrogens with zero attached hydrogens (tertiary/aromatic N) is 3. The van der Waals surface area contributed by atoms with Gasteiger partial charge in [0.1, 0.15) is 0 Å². The van der Waals surface area contributed by atoms with E-state index in [9.17, 15) is 22.8 Å². The van der Waals surface area contributed by atoms with Crippen LogP contribution in [0.15, 0.2) is 0 Å². The van der Waals surface area contributed by atoms with Crippen LogP contribution in [0.2, 0.25) is 0 Å². The number of rotatable bonds is 4. The number of hydrogen-bond donors (Lipinski definition) is 1. The molecular formula is C19H30N4O5S. The van der Waals surface area contributed by atoms with Gasteiger partial charge in [-0.05, 0) is 24.7 Å². The van der Waals surface area contributed by atoms with E-state index in [1.807, 2.05) is 13.8 Å². The molecule has 3 saturated heterocycles. The zero-order valence-electron chi connectivity index (χ0n) is 17.4. The molecule has 0 aromatic rings. The summed E-state index contributed by atoms with van der Waals surface area (Å²) in [4.78, 5) is 38.5. The Morgan fingerprint density at radius 1 is 1.07 bits per heavy atom. The first kappa shape index (κ1) is 20.7. The van der Waals surface area contributed by atoms with Gasteiger partial charge in [-0.3, -0.25) is 19.3 Å². The predicted octanol–water partition coefficient (Wildman–Crippen LogP) is -0.209. The van der Waals surface area contributed by atoms with Crippen molar-refractivity contribution in [2.75, 3.05) is 19.6 Å². The Kier molecular flexibility index (Phi) is 5.02. The lowest BCUT2D eigenvalue weighted by molar-refractivity contribution is -0.146. The van der Waals surface area contributed by atoms with E-state index in [1.165, 1.54) is 20.4 Å². The van der Waals surface area contributed by atoms with E-state index in [4.69, 9.17) is 0 Å². The Balaban J connectivity index is 1.52. The second-order valence-corrected chi connectivity index (χ2v) is 11.0. The fourth-order valence-electron chi connectivity index (χ4n) is 5.47. The van der Waals surface area contributed by atoms with Gasteiger partial charge in [0.15, 0.2) is 0 Å². The van der Waals surface area contributed by atoms with Crippen molar-refractivity contribution in [1.29, 1.82) is 0 Å². The third-order valence-electron chi connectivity index (χ3n) is 7.37. The fraction of sp³-hybridized carbons (Fsp3) is 0.842. The monoisotopic (exact) mass is 426 g/mol. The van der Waals surface area contributed by atoms with Gasteiger partial charge in [0.2, 0.25) is 17.7 Å². The van der Waals surface area contributed by atoms with Gasteiger partial charge in [0, 0.05) is 38.5 Å². The van der Waals surface area contributed by atoms with E-state index in [0.29, 0.717) is 25.9 Å². The van der Waals surface area contributed by atoms with Crippen LogP contribution >= 0.6 is 0 Å². The molecule has 0 radical (unpaired) electrons. The van der Waals surface area contributed by atoms with E-state index in [1.54, 1.807) is 6.92 Å². The zero-order chi connectivity index (χ0) is 21.2. The summed E-state index contributed by atoms with van der Waals surface area (Å²) in [5.41, 5.74) is 0. The van der Waals surface area contributed by atoms with Crippen molar-refractivity contribution in [2.45, 2.75) is 58.7 Å². The van der Waals surface area contributed by atoms with Crippen LogP contribution < -0.4 is 5.32 Å². The molecule has 162 valence electrons. The minimum Gasteiger partial charge on any atom is -0.352 e. The summed E-state index contributed by atoms with van der Waals surface area (Å²) in [6.07, 6.45) is 1.04. The van der Waals surface area contributed by atoms with Crippen LogP contribution in [0.5, 0.6) is 0 Å². The molecule has 2 unspecified atom stereocenters.